The van der Waals surface area contributed by atoms with Crippen molar-refractivity contribution in [2.24, 2.45) is 0 Å². The predicted molar refractivity (Wildman–Crippen MR) is 82.3 cm³/mol. The molecule has 0 saturated carbocycles. The van der Waals surface area contributed by atoms with Gasteiger partial charge in [-0.1, -0.05) is 51.8 Å². The molecule has 2 rings (SSSR count). The van der Waals surface area contributed by atoms with Crippen LogP contribution >= 0.6 is 27.5 Å². The number of hydrogen-bond donors (Lipinski definition) is 2. The average Bonchev–Trinajstić information content (AvgIpc) is 2.41. The van der Waals surface area contributed by atoms with Gasteiger partial charge >= 0.3 is 0 Å². The molecule has 0 spiro atoms. The molecule has 0 aliphatic heterocycles. The first kappa shape index (κ1) is 14.5. The zero-order valence-corrected chi connectivity index (χ0v) is 12.7. The summed E-state index contributed by atoms with van der Waals surface area (Å²) < 4.78 is 1.07. The molecule has 0 aliphatic rings. The molecule has 0 aromatic heterocycles. The van der Waals surface area contributed by atoms with Crippen molar-refractivity contribution in [1.29, 1.82) is 0 Å². The van der Waals surface area contributed by atoms with E-state index in [-0.39, 0.29) is 0 Å². The van der Waals surface area contributed by atoms with E-state index in [1.54, 1.807) is 12.1 Å². The number of rotatable bonds is 5. The molecular weight excluding hydrogens is 326 g/mol. The summed E-state index contributed by atoms with van der Waals surface area (Å²) in [6.45, 7) is 1.25. The van der Waals surface area contributed by atoms with Crippen LogP contribution in [-0.2, 0) is 6.54 Å². The Morgan fingerprint density at radius 2 is 1.68 bits per heavy atom. The molecule has 0 amide bonds. The van der Waals surface area contributed by atoms with Gasteiger partial charge < -0.3 is 10.4 Å². The molecule has 0 radical (unpaired) electrons. The fraction of sp³-hybridized carbons (Fsp3) is 0.200. The summed E-state index contributed by atoms with van der Waals surface area (Å²) in [5, 5.41) is 13.9. The normalized spacial score (nSPS) is 12.4. The van der Waals surface area contributed by atoms with Gasteiger partial charge in [-0.05, 0) is 35.4 Å². The molecule has 19 heavy (non-hydrogen) atoms. The molecular formula is C15H15BrClNO. The third-order valence-corrected chi connectivity index (χ3v) is 3.62. The Labute approximate surface area is 126 Å². The smallest absolute Gasteiger partial charge is 0.0914 e. The molecule has 2 nitrogen and oxygen atoms in total. The number of aliphatic hydroxyl groups excluding tert-OH is 1. The van der Waals surface area contributed by atoms with Crippen molar-refractivity contribution in [3.8, 4) is 0 Å². The van der Waals surface area contributed by atoms with Gasteiger partial charge in [0, 0.05) is 22.6 Å². The molecule has 0 saturated heterocycles. The third-order valence-electron chi connectivity index (χ3n) is 2.83. The van der Waals surface area contributed by atoms with E-state index < -0.39 is 6.10 Å². The maximum Gasteiger partial charge on any atom is 0.0914 e. The number of halogens is 2. The predicted octanol–water partition coefficient (Wildman–Crippen LogP) is 3.93. The van der Waals surface area contributed by atoms with E-state index in [0.29, 0.717) is 11.6 Å². The molecule has 1 atom stereocenters. The van der Waals surface area contributed by atoms with Crippen LogP contribution in [0.3, 0.4) is 0 Å². The minimum absolute atomic E-state index is 0.512. The lowest BCUT2D eigenvalue weighted by Gasteiger charge is -2.12. The highest BCUT2D eigenvalue weighted by atomic mass is 79.9. The average molecular weight is 341 g/mol. The van der Waals surface area contributed by atoms with Crippen LogP contribution in [0.2, 0.25) is 5.02 Å². The van der Waals surface area contributed by atoms with Crippen LogP contribution < -0.4 is 5.32 Å². The fourth-order valence-electron chi connectivity index (χ4n) is 1.76. The van der Waals surface area contributed by atoms with Gasteiger partial charge in [-0.3, -0.25) is 0 Å². The lowest BCUT2D eigenvalue weighted by Crippen LogP contribution is -2.20. The van der Waals surface area contributed by atoms with Gasteiger partial charge in [-0.25, -0.2) is 0 Å². The van der Waals surface area contributed by atoms with Crippen LogP contribution in [0.15, 0.2) is 53.0 Å². The minimum atomic E-state index is -0.521. The highest BCUT2D eigenvalue weighted by molar-refractivity contribution is 9.10. The van der Waals surface area contributed by atoms with Crippen molar-refractivity contribution in [3.05, 3.63) is 69.2 Å². The monoisotopic (exact) mass is 339 g/mol. The molecule has 4 heteroatoms. The Balaban J connectivity index is 1.82. The zero-order valence-electron chi connectivity index (χ0n) is 10.3. The lowest BCUT2D eigenvalue weighted by molar-refractivity contribution is 0.174. The molecule has 0 aliphatic carbocycles. The van der Waals surface area contributed by atoms with E-state index in [4.69, 9.17) is 11.6 Å². The molecule has 1 unspecified atom stereocenters. The van der Waals surface area contributed by atoms with E-state index in [1.807, 2.05) is 36.4 Å². The van der Waals surface area contributed by atoms with Crippen molar-refractivity contribution in [3.63, 3.8) is 0 Å². The summed E-state index contributed by atoms with van der Waals surface area (Å²) in [7, 11) is 0. The number of benzene rings is 2. The van der Waals surface area contributed by atoms with Gasteiger partial charge in [0.05, 0.1) is 6.10 Å². The van der Waals surface area contributed by atoms with Gasteiger partial charge in [0.15, 0.2) is 0 Å². The number of aliphatic hydroxyl groups is 1. The van der Waals surface area contributed by atoms with Gasteiger partial charge in [0.2, 0.25) is 0 Å². The summed E-state index contributed by atoms with van der Waals surface area (Å²) in [6.07, 6.45) is -0.521. The van der Waals surface area contributed by atoms with Crippen LogP contribution in [0.4, 0.5) is 0 Å². The van der Waals surface area contributed by atoms with Gasteiger partial charge in [0.25, 0.3) is 0 Å². The topological polar surface area (TPSA) is 32.3 Å². The summed E-state index contributed by atoms with van der Waals surface area (Å²) in [5.41, 5.74) is 2.05. The summed E-state index contributed by atoms with van der Waals surface area (Å²) >= 11 is 9.21. The Morgan fingerprint density at radius 3 is 2.32 bits per heavy atom. The van der Waals surface area contributed by atoms with E-state index >= 15 is 0 Å². The van der Waals surface area contributed by atoms with Crippen molar-refractivity contribution in [2.75, 3.05) is 6.54 Å². The number of nitrogens with one attached hydrogen (secondary N) is 1. The maximum atomic E-state index is 10.0. The molecule has 0 fully saturated rings. The maximum absolute atomic E-state index is 10.0. The second-order valence-corrected chi connectivity index (χ2v) is 5.68. The van der Waals surface area contributed by atoms with Gasteiger partial charge in [-0.2, -0.15) is 0 Å². The first-order valence-electron chi connectivity index (χ1n) is 6.04. The Bertz CT molecular complexity index is 513. The van der Waals surface area contributed by atoms with Gasteiger partial charge in [0.1, 0.15) is 0 Å². The minimum Gasteiger partial charge on any atom is -0.387 e. The summed E-state index contributed by atoms with van der Waals surface area (Å²) in [4.78, 5) is 0. The van der Waals surface area contributed by atoms with E-state index in [1.165, 1.54) is 5.56 Å². The Hall–Kier alpha value is -0.870. The molecule has 2 aromatic rings. The molecule has 2 N–H and O–H groups in total. The van der Waals surface area contributed by atoms with Crippen LogP contribution in [0.25, 0.3) is 0 Å². The standard InChI is InChI=1S/C15H15BrClNO/c16-13-5-1-11(2-6-13)9-18-10-15(19)12-3-7-14(17)8-4-12/h1-8,15,18-19H,9-10H2. The van der Waals surface area contributed by atoms with Crippen molar-refractivity contribution >= 4 is 27.5 Å². The summed E-state index contributed by atoms with van der Waals surface area (Å²) in [6, 6.07) is 15.4. The van der Waals surface area contributed by atoms with E-state index in [2.05, 4.69) is 21.2 Å². The lowest BCUT2D eigenvalue weighted by atomic mass is 10.1. The van der Waals surface area contributed by atoms with Crippen LogP contribution in [0, 0.1) is 0 Å². The van der Waals surface area contributed by atoms with E-state index in [0.717, 1.165) is 16.6 Å². The highest BCUT2D eigenvalue weighted by Gasteiger charge is 2.06. The second kappa shape index (κ2) is 7.06. The van der Waals surface area contributed by atoms with Crippen molar-refractivity contribution < 1.29 is 5.11 Å². The van der Waals surface area contributed by atoms with Crippen molar-refractivity contribution in [2.45, 2.75) is 12.6 Å². The van der Waals surface area contributed by atoms with E-state index in [9.17, 15) is 5.11 Å². The quantitative estimate of drug-likeness (QED) is 0.864. The molecule has 0 bridgehead atoms. The van der Waals surface area contributed by atoms with Crippen LogP contribution in [0.5, 0.6) is 0 Å². The first-order valence-corrected chi connectivity index (χ1v) is 7.21. The van der Waals surface area contributed by atoms with Gasteiger partial charge in [-0.15, -0.1) is 0 Å². The largest absolute Gasteiger partial charge is 0.387 e. The molecule has 100 valence electrons. The number of hydrogen-bond acceptors (Lipinski definition) is 2. The first-order chi connectivity index (χ1) is 9.15. The van der Waals surface area contributed by atoms with Crippen molar-refractivity contribution in [1.82, 2.24) is 5.32 Å². The zero-order chi connectivity index (χ0) is 13.7. The fourth-order valence-corrected chi connectivity index (χ4v) is 2.15. The Morgan fingerprint density at radius 1 is 1.05 bits per heavy atom. The highest BCUT2D eigenvalue weighted by Crippen LogP contribution is 2.16. The molecule has 2 aromatic carbocycles. The third kappa shape index (κ3) is 4.62. The summed E-state index contributed by atoms with van der Waals surface area (Å²) in [5.74, 6) is 0. The Kier molecular flexibility index (Phi) is 5.40. The van der Waals surface area contributed by atoms with Crippen LogP contribution in [-0.4, -0.2) is 11.7 Å². The SMILES string of the molecule is OC(CNCc1ccc(Br)cc1)c1ccc(Cl)cc1. The van der Waals surface area contributed by atoms with Crippen LogP contribution in [0.1, 0.15) is 17.2 Å². The second-order valence-electron chi connectivity index (χ2n) is 4.32. The molecule has 0 heterocycles.